The Morgan fingerprint density at radius 3 is 2.61 bits per heavy atom. The number of benzene rings is 1. The molecule has 3 rings (SSSR count). The van der Waals surface area contributed by atoms with Crippen molar-refractivity contribution in [3.05, 3.63) is 18.2 Å². The van der Waals surface area contributed by atoms with Crippen molar-refractivity contribution < 1.29 is 17.9 Å². The molecule has 2 N–H and O–H groups in total. The number of amides is 1. The molecule has 0 saturated heterocycles. The quantitative estimate of drug-likeness (QED) is 0.829. The van der Waals surface area contributed by atoms with Crippen LogP contribution in [0.4, 0.5) is 5.69 Å². The molecule has 1 aromatic rings. The molecule has 0 spiro atoms. The number of fused-ring (bicyclic) bond motifs is 1. The van der Waals surface area contributed by atoms with Gasteiger partial charge in [-0.15, -0.1) is 0 Å². The van der Waals surface area contributed by atoms with Crippen molar-refractivity contribution in [2.75, 3.05) is 11.9 Å². The lowest BCUT2D eigenvalue weighted by Crippen LogP contribution is -2.34. The second-order valence-electron chi connectivity index (χ2n) is 6.11. The van der Waals surface area contributed by atoms with E-state index in [0.717, 1.165) is 25.7 Å². The van der Waals surface area contributed by atoms with Crippen molar-refractivity contribution in [3.8, 4) is 5.75 Å². The summed E-state index contributed by atoms with van der Waals surface area (Å²) < 4.78 is 33.5. The van der Waals surface area contributed by atoms with E-state index < -0.39 is 10.0 Å². The largest absolute Gasteiger partial charge is 0.491 e. The van der Waals surface area contributed by atoms with Gasteiger partial charge >= 0.3 is 0 Å². The second-order valence-corrected chi connectivity index (χ2v) is 7.83. The Balaban J connectivity index is 1.81. The van der Waals surface area contributed by atoms with Crippen LogP contribution in [0.1, 0.15) is 44.9 Å². The molecule has 1 heterocycles. The van der Waals surface area contributed by atoms with Gasteiger partial charge in [-0.2, -0.15) is 0 Å². The molecule has 6 nitrogen and oxygen atoms in total. The SMILES string of the molecule is O=C1CCOc2ccc(S(=O)(=O)NC3CCCCCC3)cc2N1. The standard InChI is InChI=1S/C16H22N2O4S/c19-16-9-10-22-15-8-7-13(11-14(15)17-16)23(20,21)18-12-5-3-1-2-4-6-12/h7-8,11-12,18H,1-6,9-10H2,(H,17,19). The van der Waals surface area contributed by atoms with E-state index in [1.807, 2.05) is 0 Å². The first-order chi connectivity index (χ1) is 11.0. The maximum absolute atomic E-state index is 12.6. The zero-order valence-electron chi connectivity index (χ0n) is 13.0. The molecule has 0 bridgehead atoms. The second kappa shape index (κ2) is 6.88. The van der Waals surface area contributed by atoms with Crippen LogP contribution < -0.4 is 14.8 Å². The van der Waals surface area contributed by atoms with Gasteiger partial charge in [-0.3, -0.25) is 4.79 Å². The van der Waals surface area contributed by atoms with Gasteiger partial charge in [0.1, 0.15) is 5.75 Å². The third-order valence-corrected chi connectivity index (χ3v) is 5.82. The fraction of sp³-hybridized carbons (Fsp3) is 0.562. The van der Waals surface area contributed by atoms with E-state index in [-0.39, 0.29) is 23.3 Å². The van der Waals surface area contributed by atoms with Crippen LogP contribution in [-0.4, -0.2) is 27.0 Å². The van der Waals surface area contributed by atoms with Crippen molar-refractivity contribution >= 4 is 21.6 Å². The van der Waals surface area contributed by atoms with Crippen LogP contribution in [-0.2, 0) is 14.8 Å². The van der Waals surface area contributed by atoms with Gasteiger partial charge in [0.05, 0.1) is 23.6 Å². The van der Waals surface area contributed by atoms with Crippen LogP contribution in [0.5, 0.6) is 5.75 Å². The van der Waals surface area contributed by atoms with Crippen LogP contribution in [0, 0.1) is 0 Å². The fourth-order valence-electron chi connectivity index (χ4n) is 3.05. The summed E-state index contributed by atoms with van der Waals surface area (Å²) >= 11 is 0. The molecule has 1 amide bonds. The Bertz CT molecular complexity index is 679. The van der Waals surface area contributed by atoms with Crippen molar-refractivity contribution in [1.29, 1.82) is 0 Å². The maximum Gasteiger partial charge on any atom is 0.240 e. The molecule has 0 unspecified atom stereocenters. The van der Waals surface area contributed by atoms with E-state index >= 15 is 0 Å². The van der Waals surface area contributed by atoms with E-state index in [2.05, 4.69) is 10.0 Å². The summed E-state index contributed by atoms with van der Waals surface area (Å²) in [7, 11) is -3.60. The van der Waals surface area contributed by atoms with Gasteiger partial charge in [0, 0.05) is 6.04 Å². The lowest BCUT2D eigenvalue weighted by molar-refractivity contribution is -0.116. The topological polar surface area (TPSA) is 84.5 Å². The average Bonchev–Trinajstić information content (AvgIpc) is 2.85. The molecule has 126 valence electrons. The van der Waals surface area contributed by atoms with E-state index in [0.29, 0.717) is 18.0 Å². The summed E-state index contributed by atoms with van der Waals surface area (Å²) in [6, 6.07) is 4.59. The number of nitrogens with one attached hydrogen (secondary N) is 2. The number of rotatable bonds is 3. The number of anilines is 1. The normalized spacial score (nSPS) is 19.9. The number of hydrogen-bond donors (Lipinski definition) is 2. The van der Waals surface area contributed by atoms with Gasteiger partial charge in [-0.1, -0.05) is 25.7 Å². The lowest BCUT2D eigenvalue weighted by Gasteiger charge is -2.17. The van der Waals surface area contributed by atoms with E-state index in [4.69, 9.17) is 4.74 Å². The van der Waals surface area contributed by atoms with Crippen molar-refractivity contribution in [1.82, 2.24) is 4.72 Å². The van der Waals surface area contributed by atoms with Crippen molar-refractivity contribution in [3.63, 3.8) is 0 Å². The summed E-state index contributed by atoms with van der Waals surface area (Å²) in [5.74, 6) is 0.333. The van der Waals surface area contributed by atoms with Crippen LogP contribution in [0.25, 0.3) is 0 Å². The fourth-order valence-corrected chi connectivity index (χ4v) is 4.38. The molecule has 1 aliphatic carbocycles. The smallest absolute Gasteiger partial charge is 0.240 e. The lowest BCUT2D eigenvalue weighted by atomic mass is 10.1. The number of sulfonamides is 1. The van der Waals surface area contributed by atoms with Gasteiger partial charge in [0.15, 0.2) is 0 Å². The first-order valence-corrected chi connectivity index (χ1v) is 9.62. The Morgan fingerprint density at radius 2 is 1.87 bits per heavy atom. The minimum atomic E-state index is -3.60. The number of hydrogen-bond acceptors (Lipinski definition) is 4. The summed E-state index contributed by atoms with van der Waals surface area (Å²) in [5, 5.41) is 2.69. The predicted octanol–water partition coefficient (Wildman–Crippen LogP) is 2.41. The minimum absolute atomic E-state index is 0.00727. The highest BCUT2D eigenvalue weighted by Crippen LogP contribution is 2.30. The van der Waals surface area contributed by atoms with Gasteiger partial charge in [-0.05, 0) is 31.0 Å². The Kier molecular flexibility index (Phi) is 4.87. The Labute approximate surface area is 136 Å². The molecule has 1 saturated carbocycles. The van der Waals surface area contributed by atoms with Crippen molar-refractivity contribution in [2.24, 2.45) is 0 Å². The summed E-state index contributed by atoms with van der Waals surface area (Å²) in [5.41, 5.74) is 0.413. The molecule has 1 fully saturated rings. The van der Waals surface area contributed by atoms with Gasteiger partial charge < -0.3 is 10.1 Å². The molecule has 2 aliphatic rings. The molecular weight excluding hydrogens is 316 g/mol. The maximum atomic E-state index is 12.6. The average molecular weight is 338 g/mol. The summed E-state index contributed by atoms with van der Waals surface area (Å²) in [4.78, 5) is 11.8. The Morgan fingerprint density at radius 1 is 1.13 bits per heavy atom. The Hall–Kier alpha value is -1.60. The molecule has 7 heteroatoms. The zero-order chi connectivity index (χ0) is 16.3. The predicted molar refractivity (Wildman–Crippen MR) is 87.0 cm³/mol. The van der Waals surface area contributed by atoms with Gasteiger partial charge in [0.2, 0.25) is 15.9 Å². The summed E-state index contributed by atoms with van der Waals surface area (Å²) in [6.45, 7) is 0.297. The molecule has 1 aromatic carbocycles. The first-order valence-electron chi connectivity index (χ1n) is 8.14. The number of carbonyl (C=O) groups is 1. The molecule has 0 aromatic heterocycles. The number of ether oxygens (including phenoxy) is 1. The van der Waals surface area contributed by atoms with Crippen LogP contribution in [0.3, 0.4) is 0 Å². The highest BCUT2D eigenvalue weighted by Gasteiger charge is 2.23. The molecule has 0 atom stereocenters. The molecule has 23 heavy (non-hydrogen) atoms. The minimum Gasteiger partial charge on any atom is -0.491 e. The molecule has 0 radical (unpaired) electrons. The van der Waals surface area contributed by atoms with Crippen molar-refractivity contribution in [2.45, 2.75) is 55.9 Å². The van der Waals surface area contributed by atoms with Crippen LogP contribution in [0.15, 0.2) is 23.1 Å². The van der Waals surface area contributed by atoms with Gasteiger partial charge in [0.25, 0.3) is 0 Å². The first kappa shape index (κ1) is 16.3. The van der Waals surface area contributed by atoms with E-state index in [1.165, 1.54) is 25.0 Å². The highest BCUT2D eigenvalue weighted by molar-refractivity contribution is 7.89. The molecular formula is C16H22N2O4S. The zero-order valence-corrected chi connectivity index (χ0v) is 13.8. The highest BCUT2D eigenvalue weighted by atomic mass is 32.2. The number of carbonyl (C=O) groups excluding carboxylic acids is 1. The van der Waals surface area contributed by atoms with Crippen LogP contribution >= 0.6 is 0 Å². The van der Waals surface area contributed by atoms with E-state index in [1.54, 1.807) is 6.07 Å². The van der Waals surface area contributed by atoms with Gasteiger partial charge in [-0.25, -0.2) is 13.1 Å². The van der Waals surface area contributed by atoms with Crippen LogP contribution in [0.2, 0.25) is 0 Å². The summed E-state index contributed by atoms with van der Waals surface area (Å²) in [6.07, 6.45) is 6.47. The molecule has 1 aliphatic heterocycles. The third-order valence-electron chi connectivity index (χ3n) is 4.30. The third kappa shape index (κ3) is 4.03. The monoisotopic (exact) mass is 338 g/mol. The van der Waals surface area contributed by atoms with E-state index in [9.17, 15) is 13.2 Å².